The maximum atomic E-state index is 10.7. The molecular weight excluding hydrogens is 392 g/mol. The summed E-state index contributed by atoms with van der Waals surface area (Å²) in [5.41, 5.74) is 6.08. The third-order valence-corrected chi connectivity index (χ3v) is 5.87. The molecule has 3 aromatic rings. The van der Waals surface area contributed by atoms with Gasteiger partial charge in [0.05, 0.1) is 0 Å². The average molecular weight is 419 g/mol. The van der Waals surface area contributed by atoms with Gasteiger partial charge in [0.2, 0.25) is 0 Å². The van der Waals surface area contributed by atoms with Gasteiger partial charge < -0.3 is 9.84 Å². The van der Waals surface area contributed by atoms with E-state index < -0.39 is 5.97 Å². The predicted molar refractivity (Wildman–Crippen MR) is 124 cm³/mol. The highest BCUT2D eigenvalue weighted by Gasteiger charge is 2.07. The van der Waals surface area contributed by atoms with E-state index in [1.54, 1.807) is 11.8 Å². The van der Waals surface area contributed by atoms with E-state index in [1.807, 2.05) is 31.2 Å². The van der Waals surface area contributed by atoms with E-state index in [0.29, 0.717) is 5.75 Å². The van der Waals surface area contributed by atoms with Crippen molar-refractivity contribution >= 4 is 23.3 Å². The Hall–Kier alpha value is -2.98. The van der Waals surface area contributed by atoms with E-state index >= 15 is 0 Å². The number of rotatable bonds is 9. The van der Waals surface area contributed by atoms with Gasteiger partial charge in [-0.3, -0.25) is 0 Å². The molecule has 3 rings (SSSR count). The van der Waals surface area contributed by atoms with Gasteiger partial charge in [0.15, 0.2) is 6.61 Å². The quantitative estimate of drug-likeness (QED) is 0.418. The van der Waals surface area contributed by atoms with Crippen LogP contribution >= 0.6 is 11.8 Å². The normalized spacial score (nSPS) is 11.3. The smallest absolute Gasteiger partial charge is 0.341 e. The molecule has 1 N–H and O–H groups in total. The van der Waals surface area contributed by atoms with Gasteiger partial charge in [0, 0.05) is 10.6 Å². The Morgan fingerprint density at radius 1 is 1.00 bits per heavy atom. The Balaban J connectivity index is 1.79. The first kappa shape index (κ1) is 21.7. The molecule has 0 spiro atoms. The van der Waals surface area contributed by atoms with Crippen LogP contribution in [0.3, 0.4) is 0 Å². The first-order chi connectivity index (χ1) is 14.6. The van der Waals surface area contributed by atoms with Crippen molar-refractivity contribution in [2.24, 2.45) is 0 Å². The van der Waals surface area contributed by atoms with Crippen LogP contribution in [0.1, 0.15) is 29.2 Å². The van der Waals surface area contributed by atoms with Gasteiger partial charge in [-0.25, -0.2) is 4.79 Å². The second-order valence-corrected chi connectivity index (χ2v) is 8.02. The van der Waals surface area contributed by atoms with Gasteiger partial charge in [-0.15, -0.1) is 11.8 Å². The van der Waals surface area contributed by atoms with Crippen LogP contribution in [-0.4, -0.2) is 23.4 Å². The fraction of sp³-hybridized carbons (Fsp3) is 0.192. The second-order valence-electron chi connectivity index (χ2n) is 6.96. The van der Waals surface area contributed by atoms with Crippen LogP contribution < -0.4 is 4.74 Å². The minimum atomic E-state index is -0.975. The molecule has 0 amide bonds. The van der Waals surface area contributed by atoms with Crippen molar-refractivity contribution in [1.82, 2.24) is 0 Å². The molecule has 3 aromatic carbocycles. The molecule has 0 aliphatic heterocycles. The number of aryl methyl sites for hydroxylation is 2. The Bertz CT molecular complexity index is 1030. The molecule has 0 saturated carbocycles. The largest absolute Gasteiger partial charge is 0.482 e. The van der Waals surface area contributed by atoms with Gasteiger partial charge >= 0.3 is 5.97 Å². The zero-order valence-electron chi connectivity index (χ0n) is 17.3. The van der Waals surface area contributed by atoms with Crippen molar-refractivity contribution in [3.05, 3.63) is 101 Å². The molecule has 30 heavy (non-hydrogen) atoms. The number of hydrogen-bond donors (Lipinski definition) is 1. The lowest BCUT2D eigenvalue weighted by atomic mass is 9.96. The number of ether oxygens (including phenoxy) is 1. The summed E-state index contributed by atoms with van der Waals surface area (Å²) in [6.07, 6.45) is 3.29. The minimum absolute atomic E-state index is 0.327. The van der Waals surface area contributed by atoms with Crippen LogP contribution in [0.5, 0.6) is 5.75 Å². The third-order valence-electron chi connectivity index (χ3n) is 4.77. The van der Waals surface area contributed by atoms with Crippen LogP contribution in [0, 0.1) is 6.92 Å². The van der Waals surface area contributed by atoms with Crippen molar-refractivity contribution in [3.8, 4) is 5.75 Å². The summed E-state index contributed by atoms with van der Waals surface area (Å²) in [5.74, 6) is 0.435. The molecule has 4 heteroatoms. The number of hydrogen-bond acceptors (Lipinski definition) is 3. The topological polar surface area (TPSA) is 46.5 Å². The molecule has 0 heterocycles. The zero-order valence-corrected chi connectivity index (χ0v) is 18.1. The average Bonchev–Trinajstić information content (AvgIpc) is 2.77. The highest BCUT2D eigenvalue weighted by atomic mass is 32.2. The number of benzene rings is 3. The van der Waals surface area contributed by atoms with E-state index in [0.717, 1.165) is 22.6 Å². The summed E-state index contributed by atoms with van der Waals surface area (Å²) in [6, 6.07) is 24.9. The summed E-state index contributed by atoms with van der Waals surface area (Å²) in [5, 5.41) is 8.75. The molecule has 0 aliphatic rings. The number of aliphatic carboxylic acids is 1. The predicted octanol–water partition coefficient (Wildman–Crippen LogP) is 6.24. The number of thioether (sulfide) groups is 1. The van der Waals surface area contributed by atoms with Crippen LogP contribution in [0.4, 0.5) is 0 Å². The molecular formula is C26H26O3S. The van der Waals surface area contributed by atoms with Gasteiger partial charge in [-0.1, -0.05) is 67.6 Å². The summed E-state index contributed by atoms with van der Waals surface area (Å²) >= 11 is 1.76. The Morgan fingerprint density at radius 2 is 1.77 bits per heavy atom. The third kappa shape index (κ3) is 6.01. The van der Waals surface area contributed by atoms with E-state index in [9.17, 15) is 4.79 Å². The fourth-order valence-electron chi connectivity index (χ4n) is 3.21. The van der Waals surface area contributed by atoms with Crippen molar-refractivity contribution in [1.29, 1.82) is 0 Å². The van der Waals surface area contributed by atoms with Crippen LogP contribution in [-0.2, 0) is 11.2 Å². The van der Waals surface area contributed by atoms with E-state index in [2.05, 4.69) is 61.5 Å². The molecule has 3 nitrogen and oxygen atoms in total. The van der Waals surface area contributed by atoms with Crippen molar-refractivity contribution in [2.75, 3.05) is 12.4 Å². The number of carboxylic acid groups (broad SMARTS) is 1. The second kappa shape index (κ2) is 10.7. The number of carboxylic acids is 1. The van der Waals surface area contributed by atoms with Gasteiger partial charge in [0.1, 0.15) is 5.75 Å². The Kier molecular flexibility index (Phi) is 7.75. The van der Waals surface area contributed by atoms with Crippen molar-refractivity contribution < 1.29 is 14.6 Å². The van der Waals surface area contributed by atoms with Crippen molar-refractivity contribution in [3.63, 3.8) is 0 Å². The lowest BCUT2D eigenvalue weighted by Crippen LogP contribution is -2.09. The molecule has 0 saturated heterocycles. The lowest BCUT2D eigenvalue weighted by Gasteiger charge is -2.11. The molecule has 0 unspecified atom stereocenters. The molecule has 0 atom stereocenters. The molecule has 0 bridgehead atoms. The SMILES string of the molecule is CCc1cccc(C(=CCSc2ccc(OCC(=O)O)cc2C)c2ccccc2)c1. The van der Waals surface area contributed by atoms with E-state index in [1.165, 1.54) is 22.3 Å². The molecule has 0 radical (unpaired) electrons. The van der Waals surface area contributed by atoms with Crippen molar-refractivity contribution in [2.45, 2.75) is 25.2 Å². The molecule has 0 fully saturated rings. The first-order valence-electron chi connectivity index (χ1n) is 9.99. The van der Waals surface area contributed by atoms with E-state index in [-0.39, 0.29) is 6.61 Å². The highest BCUT2D eigenvalue weighted by Crippen LogP contribution is 2.29. The first-order valence-corrected chi connectivity index (χ1v) is 11.0. The lowest BCUT2D eigenvalue weighted by molar-refractivity contribution is -0.139. The summed E-state index contributed by atoms with van der Waals surface area (Å²) < 4.78 is 5.26. The zero-order chi connectivity index (χ0) is 21.3. The fourth-order valence-corrected chi connectivity index (χ4v) is 4.09. The minimum Gasteiger partial charge on any atom is -0.482 e. The maximum Gasteiger partial charge on any atom is 0.341 e. The van der Waals surface area contributed by atoms with Gasteiger partial charge in [-0.05, 0) is 59.4 Å². The van der Waals surface area contributed by atoms with Crippen LogP contribution in [0.25, 0.3) is 5.57 Å². The van der Waals surface area contributed by atoms with Crippen LogP contribution in [0.2, 0.25) is 0 Å². The van der Waals surface area contributed by atoms with E-state index in [4.69, 9.17) is 9.84 Å². The molecule has 0 aromatic heterocycles. The van der Waals surface area contributed by atoms with Crippen LogP contribution in [0.15, 0.2) is 83.8 Å². The highest BCUT2D eigenvalue weighted by molar-refractivity contribution is 7.99. The summed E-state index contributed by atoms with van der Waals surface area (Å²) in [6.45, 7) is 3.86. The van der Waals surface area contributed by atoms with Gasteiger partial charge in [0.25, 0.3) is 0 Å². The summed E-state index contributed by atoms with van der Waals surface area (Å²) in [7, 11) is 0. The maximum absolute atomic E-state index is 10.7. The summed E-state index contributed by atoms with van der Waals surface area (Å²) in [4.78, 5) is 11.8. The van der Waals surface area contributed by atoms with Gasteiger partial charge in [-0.2, -0.15) is 0 Å². The monoisotopic (exact) mass is 418 g/mol. The Morgan fingerprint density at radius 3 is 2.47 bits per heavy atom. The standard InChI is InChI=1S/C26H26O3S/c1-3-20-8-7-11-22(17-20)24(21-9-5-4-6-10-21)14-15-30-25-13-12-23(16-19(25)2)29-18-26(27)28/h4-14,16-17H,3,15,18H2,1-2H3,(H,27,28). The Labute approximate surface area is 182 Å². The molecule has 0 aliphatic carbocycles. The number of carbonyl (C=O) groups is 1. The molecule has 154 valence electrons.